The minimum atomic E-state index is 1.01. The van der Waals surface area contributed by atoms with Crippen molar-refractivity contribution in [2.24, 2.45) is 0 Å². The van der Waals surface area contributed by atoms with Crippen molar-refractivity contribution in [3.8, 4) is 0 Å². The fourth-order valence-electron chi connectivity index (χ4n) is 1.83. The largest absolute Gasteiger partial charge is 0.119 e. The quantitative estimate of drug-likeness (QED) is 0.610. The van der Waals surface area contributed by atoms with E-state index in [9.17, 15) is 0 Å². The van der Waals surface area contributed by atoms with Gasteiger partial charge in [-0.15, -0.1) is 8.58 Å². The van der Waals surface area contributed by atoms with Crippen molar-refractivity contribution in [1.29, 1.82) is 0 Å². The molecular weight excluding hydrogens is 163 g/mol. The van der Waals surface area contributed by atoms with Crippen LogP contribution in [0.1, 0.15) is 18.4 Å². The van der Waals surface area contributed by atoms with E-state index in [4.69, 9.17) is 0 Å². The van der Waals surface area contributed by atoms with E-state index in [1.54, 1.807) is 0 Å². The summed E-state index contributed by atoms with van der Waals surface area (Å²) in [5.41, 5.74) is 2.53. The van der Waals surface area contributed by atoms with Gasteiger partial charge in [-0.25, -0.2) is 0 Å². The molecule has 0 radical (unpaired) electrons. The Bertz CT molecular complexity index is 224. The average Bonchev–Trinajstić information content (AvgIpc) is 2.59. The molecule has 0 spiro atoms. The van der Waals surface area contributed by atoms with Gasteiger partial charge in [0.25, 0.3) is 0 Å². The Balaban J connectivity index is 1.94. The molecule has 1 fully saturated rings. The van der Waals surface area contributed by atoms with E-state index < -0.39 is 0 Å². The highest BCUT2D eigenvalue weighted by atomic mass is 31.1. The van der Waals surface area contributed by atoms with Crippen molar-refractivity contribution in [2.45, 2.75) is 24.9 Å². The zero-order chi connectivity index (χ0) is 8.23. The third-order valence-corrected chi connectivity index (χ3v) is 4.20. The maximum Gasteiger partial charge on any atom is -0.0196 e. The van der Waals surface area contributed by atoms with E-state index in [1.165, 1.54) is 39.6 Å². The molecule has 0 amide bonds. The molecule has 1 heterocycles. The Morgan fingerprint density at radius 1 is 1.25 bits per heavy atom. The van der Waals surface area contributed by atoms with E-state index in [-0.39, 0.29) is 0 Å². The van der Waals surface area contributed by atoms with Gasteiger partial charge in [-0.05, 0) is 36.6 Å². The van der Waals surface area contributed by atoms with Crippen LogP contribution in [0, 0.1) is 0 Å². The van der Waals surface area contributed by atoms with Gasteiger partial charge < -0.3 is 0 Å². The van der Waals surface area contributed by atoms with Gasteiger partial charge in [-0.3, -0.25) is 0 Å². The first-order valence-corrected chi connectivity index (χ1v) is 6.01. The molecule has 0 aromatic heterocycles. The maximum absolute atomic E-state index is 2.25. The van der Waals surface area contributed by atoms with Gasteiger partial charge in [0.15, 0.2) is 0 Å². The van der Waals surface area contributed by atoms with Crippen LogP contribution in [0.25, 0.3) is 0 Å². The summed E-state index contributed by atoms with van der Waals surface area (Å²) in [4.78, 5) is 0. The van der Waals surface area contributed by atoms with Crippen LogP contribution in [-0.4, -0.2) is 11.8 Å². The van der Waals surface area contributed by atoms with E-state index in [1.807, 2.05) is 0 Å². The summed E-state index contributed by atoms with van der Waals surface area (Å²) in [6, 6.07) is 10.9. The Hall–Kier alpha value is -0.350. The fraction of sp³-hybridized carbons (Fsp3) is 0.455. The molecule has 1 saturated heterocycles. The lowest BCUT2D eigenvalue weighted by Gasteiger charge is -2.07. The maximum atomic E-state index is 2.25. The molecule has 12 heavy (non-hydrogen) atoms. The SMILES string of the molecule is c1ccc(C[C@@H]2CCCP2)cc1. The lowest BCUT2D eigenvalue weighted by molar-refractivity contribution is 0.775. The Labute approximate surface area is 76.2 Å². The molecule has 1 heteroatoms. The molecule has 1 aliphatic heterocycles. The van der Waals surface area contributed by atoms with Crippen LogP contribution < -0.4 is 0 Å². The van der Waals surface area contributed by atoms with Crippen molar-refractivity contribution in [2.75, 3.05) is 6.16 Å². The lowest BCUT2D eigenvalue weighted by Crippen LogP contribution is -1.99. The number of rotatable bonds is 2. The summed E-state index contributed by atoms with van der Waals surface area (Å²) in [6.45, 7) is 0. The summed E-state index contributed by atoms with van der Waals surface area (Å²) in [5.74, 6) is 0. The second-order valence-corrected chi connectivity index (χ2v) is 5.21. The first-order valence-electron chi connectivity index (χ1n) is 4.72. The van der Waals surface area contributed by atoms with Gasteiger partial charge in [0.05, 0.1) is 0 Å². The molecule has 1 aliphatic rings. The van der Waals surface area contributed by atoms with Gasteiger partial charge in [-0.2, -0.15) is 0 Å². The van der Waals surface area contributed by atoms with Crippen molar-refractivity contribution in [3.63, 3.8) is 0 Å². The van der Waals surface area contributed by atoms with Crippen LogP contribution in [0.3, 0.4) is 0 Å². The van der Waals surface area contributed by atoms with E-state index in [0.29, 0.717) is 0 Å². The molecule has 0 saturated carbocycles. The molecule has 1 aromatic carbocycles. The fourth-order valence-corrected chi connectivity index (χ4v) is 3.43. The molecule has 1 unspecified atom stereocenters. The third-order valence-electron chi connectivity index (χ3n) is 2.49. The van der Waals surface area contributed by atoms with Gasteiger partial charge in [0.2, 0.25) is 0 Å². The monoisotopic (exact) mass is 178 g/mol. The summed E-state index contributed by atoms with van der Waals surface area (Å²) in [5, 5.41) is 0. The predicted molar refractivity (Wildman–Crippen MR) is 56.4 cm³/mol. The highest BCUT2D eigenvalue weighted by molar-refractivity contribution is 7.39. The highest BCUT2D eigenvalue weighted by Gasteiger charge is 2.14. The lowest BCUT2D eigenvalue weighted by atomic mass is 10.1. The van der Waals surface area contributed by atoms with Crippen molar-refractivity contribution in [1.82, 2.24) is 0 Å². The second-order valence-electron chi connectivity index (χ2n) is 3.48. The second kappa shape index (κ2) is 4.05. The van der Waals surface area contributed by atoms with Crippen LogP contribution in [-0.2, 0) is 6.42 Å². The minimum absolute atomic E-state index is 1.01. The summed E-state index contributed by atoms with van der Waals surface area (Å²) in [7, 11) is 1.23. The Morgan fingerprint density at radius 3 is 2.75 bits per heavy atom. The molecule has 64 valence electrons. The zero-order valence-corrected chi connectivity index (χ0v) is 8.29. The first-order chi connectivity index (χ1) is 5.95. The highest BCUT2D eigenvalue weighted by Crippen LogP contribution is 2.34. The molecule has 0 nitrogen and oxygen atoms in total. The minimum Gasteiger partial charge on any atom is -0.119 e. The first kappa shape index (κ1) is 8.26. The van der Waals surface area contributed by atoms with Gasteiger partial charge >= 0.3 is 0 Å². The number of hydrogen-bond acceptors (Lipinski definition) is 0. The number of benzene rings is 1. The zero-order valence-electron chi connectivity index (χ0n) is 7.29. The summed E-state index contributed by atoms with van der Waals surface area (Å²) in [6.07, 6.45) is 5.74. The Kier molecular flexibility index (Phi) is 2.79. The normalized spacial score (nSPS) is 24.8. The van der Waals surface area contributed by atoms with Crippen LogP contribution in [0.5, 0.6) is 0 Å². The summed E-state index contributed by atoms with van der Waals surface area (Å²) < 4.78 is 0. The predicted octanol–water partition coefficient (Wildman–Crippen LogP) is 3.07. The van der Waals surface area contributed by atoms with Crippen LogP contribution in [0.2, 0.25) is 0 Å². The van der Waals surface area contributed by atoms with Crippen molar-refractivity contribution < 1.29 is 0 Å². The van der Waals surface area contributed by atoms with Gasteiger partial charge in [0, 0.05) is 0 Å². The van der Waals surface area contributed by atoms with E-state index in [0.717, 1.165) is 5.66 Å². The van der Waals surface area contributed by atoms with Crippen LogP contribution >= 0.6 is 8.58 Å². The molecule has 0 N–H and O–H groups in total. The van der Waals surface area contributed by atoms with Crippen molar-refractivity contribution in [3.05, 3.63) is 35.9 Å². The molecule has 0 aliphatic carbocycles. The number of hydrogen-bond donors (Lipinski definition) is 0. The van der Waals surface area contributed by atoms with Gasteiger partial charge in [-0.1, -0.05) is 30.3 Å². The molecule has 0 bridgehead atoms. The van der Waals surface area contributed by atoms with E-state index in [2.05, 4.69) is 30.3 Å². The molecule has 2 rings (SSSR count). The third kappa shape index (κ3) is 2.08. The van der Waals surface area contributed by atoms with Crippen molar-refractivity contribution >= 4 is 8.58 Å². The van der Waals surface area contributed by atoms with E-state index >= 15 is 0 Å². The Morgan fingerprint density at radius 2 is 2.08 bits per heavy atom. The molecular formula is C11H15P. The van der Waals surface area contributed by atoms with Crippen LogP contribution in [0.4, 0.5) is 0 Å². The summed E-state index contributed by atoms with van der Waals surface area (Å²) >= 11 is 0. The molecule has 1 aromatic rings. The standard InChI is InChI=1S/C11H15P/c1-2-5-10(6-3-1)9-11-7-4-8-12-11/h1-3,5-6,11-12H,4,7-9H2/t11-/m0/s1. The topological polar surface area (TPSA) is 0 Å². The smallest absolute Gasteiger partial charge is 0.0196 e. The van der Waals surface area contributed by atoms with Crippen LogP contribution in [0.15, 0.2) is 30.3 Å². The van der Waals surface area contributed by atoms with Gasteiger partial charge in [0.1, 0.15) is 0 Å². The molecule has 2 atom stereocenters. The average molecular weight is 178 g/mol.